The third-order valence-corrected chi connectivity index (χ3v) is 5.82. The number of carbonyl (C=O) groups excluding carboxylic acids is 1. The smallest absolute Gasteiger partial charge is 0.166 e. The molecule has 0 heterocycles. The summed E-state index contributed by atoms with van der Waals surface area (Å²) in [5.41, 5.74) is 2.03. The Kier molecular flexibility index (Phi) is 7.08. The number of Topliss-reactive ketones (excluding diaryl/α,β-unsaturated/α-hetero) is 1. The maximum absolute atomic E-state index is 12.7. The van der Waals surface area contributed by atoms with Gasteiger partial charge in [-0.3, -0.25) is 4.79 Å². The van der Waals surface area contributed by atoms with Crippen molar-refractivity contribution in [3.8, 4) is 5.75 Å². The predicted molar refractivity (Wildman–Crippen MR) is 114 cm³/mol. The Bertz CT molecular complexity index is 755. The molecule has 3 nitrogen and oxygen atoms in total. The van der Waals surface area contributed by atoms with Crippen LogP contribution in [0.25, 0.3) is 0 Å². The first kappa shape index (κ1) is 20.1. The molecule has 1 aliphatic rings. The van der Waals surface area contributed by atoms with Crippen molar-refractivity contribution in [2.45, 2.75) is 32.6 Å². The second-order valence-electron chi connectivity index (χ2n) is 7.12. The molecule has 1 aliphatic carbocycles. The molecule has 144 valence electrons. The van der Waals surface area contributed by atoms with Crippen LogP contribution in [0.4, 0.5) is 0 Å². The van der Waals surface area contributed by atoms with Gasteiger partial charge in [0.05, 0.1) is 6.61 Å². The third kappa shape index (κ3) is 5.43. The SMILES string of the molecule is CCN(CC)CCCOc1ccc(C(=O)[C@@H]2C[C@H]2c2cccc(Br)c2)cc1. The van der Waals surface area contributed by atoms with Crippen molar-refractivity contribution in [3.05, 3.63) is 64.1 Å². The molecule has 2 aromatic carbocycles. The van der Waals surface area contributed by atoms with E-state index in [-0.39, 0.29) is 11.7 Å². The molecule has 1 saturated carbocycles. The molecule has 0 radical (unpaired) electrons. The topological polar surface area (TPSA) is 29.5 Å². The molecular formula is C23H28BrNO2. The number of rotatable bonds is 10. The van der Waals surface area contributed by atoms with Crippen molar-refractivity contribution in [2.75, 3.05) is 26.2 Å². The molecule has 27 heavy (non-hydrogen) atoms. The zero-order chi connectivity index (χ0) is 19.2. The zero-order valence-electron chi connectivity index (χ0n) is 16.2. The molecule has 0 bridgehead atoms. The third-order valence-electron chi connectivity index (χ3n) is 5.32. The molecule has 0 aromatic heterocycles. The summed E-state index contributed by atoms with van der Waals surface area (Å²) in [6.45, 7) is 8.28. The highest BCUT2D eigenvalue weighted by molar-refractivity contribution is 9.10. The summed E-state index contributed by atoms with van der Waals surface area (Å²) in [6, 6.07) is 15.9. The van der Waals surface area contributed by atoms with E-state index in [0.717, 1.165) is 48.3 Å². The van der Waals surface area contributed by atoms with Crippen LogP contribution in [0.2, 0.25) is 0 Å². The summed E-state index contributed by atoms with van der Waals surface area (Å²) in [6.07, 6.45) is 1.96. The summed E-state index contributed by atoms with van der Waals surface area (Å²) < 4.78 is 6.89. The van der Waals surface area contributed by atoms with Crippen LogP contribution in [0, 0.1) is 5.92 Å². The Hall–Kier alpha value is -1.65. The van der Waals surface area contributed by atoms with Crippen LogP contribution >= 0.6 is 15.9 Å². The number of ketones is 1. The molecule has 2 aromatic rings. The van der Waals surface area contributed by atoms with E-state index in [2.05, 4.69) is 46.8 Å². The zero-order valence-corrected chi connectivity index (χ0v) is 17.7. The lowest BCUT2D eigenvalue weighted by Gasteiger charge is -2.17. The van der Waals surface area contributed by atoms with Crippen LogP contribution in [0.15, 0.2) is 53.0 Å². The van der Waals surface area contributed by atoms with Crippen molar-refractivity contribution in [1.29, 1.82) is 0 Å². The molecule has 0 spiro atoms. The lowest BCUT2D eigenvalue weighted by atomic mass is 10.0. The van der Waals surface area contributed by atoms with E-state index < -0.39 is 0 Å². The predicted octanol–water partition coefficient (Wildman–Crippen LogP) is 5.55. The summed E-state index contributed by atoms with van der Waals surface area (Å²) in [4.78, 5) is 15.1. The number of benzene rings is 2. The highest BCUT2D eigenvalue weighted by atomic mass is 79.9. The van der Waals surface area contributed by atoms with Gasteiger partial charge >= 0.3 is 0 Å². The minimum atomic E-state index is 0.111. The van der Waals surface area contributed by atoms with Gasteiger partial charge in [0.2, 0.25) is 0 Å². The quantitative estimate of drug-likeness (QED) is 0.366. The molecule has 1 fully saturated rings. The van der Waals surface area contributed by atoms with Crippen molar-refractivity contribution in [1.82, 2.24) is 4.90 Å². The summed E-state index contributed by atoms with van der Waals surface area (Å²) in [5, 5.41) is 0. The Morgan fingerprint density at radius 2 is 1.89 bits per heavy atom. The minimum absolute atomic E-state index is 0.111. The normalized spacial score (nSPS) is 18.5. The Morgan fingerprint density at radius 1 is 1.15 bits per heavy atom. The molecule has 0 aliphatic heterocycles. The van der Waals surface area contributed by atoms with Gasteiger partial charge in [-0.2, -0.15) is 0 Å². The van der Waals surface area contributed by atoms with Crippen molar-refractivity contribution < 1.29 is 9.53 Å². The maximum atomic E-state index is 12.7. The number of hydrogen-bond acceptors (Lipinski definition) is 3. The fraction of sp³-hybridized carbons (Fsp3) is 0.435. The van der Waals surface area contributed by atoms with Crippen molar-refractivity contribution in [2.24, 2.45) is 5.92 Å². The van der Waals surface area contributed by atoms with Gasteiger partial charge in [-0.15, -0.1) is 0 Å². The largest absolute Gasteiger partial charge is 0.494 e. The van der Waals surface area contributed by atoms with Crippen LogP contribution in [0.1, 0.15) is 48.5 Å². The molecule has 2 atom stereocenters. The van der Waals surface area contributed by atoms with Crippen LogP contribution in [0.5, 0.6) is 5.75 Å². The fourth-order valence-corrected chi connectivity index (χ4v) is 3.95. The summed E-state index contributed by atoms with van der Waals surface area (Å²) in [7, 11) is 0. The first-order valence-corrected chi connectivity index (χ1v) is 10.7. The van der Waals surface area contributed by atoms with E-state index in [1.54, 1.807) is 0 Å². The monoisotopic (exact) mass is 429 g/mol. The average molecular weight is 430 g/mol. The Labute approximate surface area is 170 Å². The second kappa shape index (κ2) is 9.52. The molecular weight excluding hydrogens is 402 g/mol. The van der Waals surface area contributed by atoms with E-state index in [9.17, 15) is 4.79 Å². The van der Waals surface area contributed by atoms with Crippen LogP contribution in [-0.2, 0) is 0 Å². The standard InChI is InChI=1S/C23H28BrNO2/c1-3-25(4-2)13-6-14-27-20-11-9-17(10-12-20)23(26)22-16-21(22)18-7-5-8-19(24)15-18/h5,7-12,15,21-22H,3-4,6,13-14,16H2,1-2H3/t21-,22+/m0/s1. The van der Waals surface area contributed by atoms with E-state index in [0.29, 0.717) is 12.5 Å². The summed E-state index contributed by atoms with van der Waals surface area (Å²) in [5.74, 6) is 1.55. The van der Waals surface area contributed by atoms with Gasteiger partial charge in [0, 0.05) is 22.5 Å². The Morgan fingerprint density at radius 3 is 2.56 bits per heavy atom. The van der Waals surface area contributed by atoms with Crippen LogP contribution in [-0.4, -0.2) is 36.9 Å². The minimum Gasteiger partial charge on any atom is -0.494 e. The molecule has 0 unspecified atom stereocenters. The highest BCUT2D eigenvalue weighted by Gasteiger charge is 2.43. The van der Waals surface area contributed by atoms with Gasteiger partial charge in [-0.05, 0) is 73.8 Å². The maximum Gasteiger partial charge on any atom is 0.166 e. The van der Waals surface area contributed by atoms with Gasteiger partial charge < -0.3 is 9.64 Å². The van der Waals surface area contributed by atoms with E-state index >= 15 is 0 Å². The lowest BCUT2D eigenvalue weighted by Crippen LogP contribution is -2.25. The molecule has 3 rings (SSSR count). The number of nitrogens with zero attached hydrogens (tertiary/aromatic N) is 1. The average Bonchev–Trinajstić information content (AvgIpc) is 3.49. The van der Waals surface area contributed by atoms with Gasteiger partial charge in [-0.25, -0.2) is 0 Å². The van der Waals surface area contributed by atoms with Gasteiger partial charge in [0.15, 0.2) is 5.78 Å². The number of carbonyl (C=O) groups is 1. The summed E-state index contributed by atoms with van der Waals surface area (Å²) >= 11 is 3.51. The Balaban J connectivity index is 1.48. The number of hydrogen-bond donors (Lipinski definition) is 0. The van der Waals surface area contributed by atoms with Crippen molar-refractivity contribution in [3.63, 3.8) is 0 Å². The molecule has 0 amide bonds. The van der Waals surface area contributed by atoms with E-state index in [1.807, 2.05) is 36.4 Å². The highest BCUT2D eigenvalue weighted by Crippen LogP contribution is 2.49. The fourth-order valence-electron chi connectivity index (χ4n) is 3.54. The van der Waals surface area contributed by atoms with Crippen molar-refractivity contribution >= 4 is 21.7 Å². The molecule has 4 heteroatoms. The van der Waals surface area contributed by atoms with E-state index in [1.165, 1.54) is 5.56 Å². The lowest BCUT2D eigenvalue weighted by molar-refractivity contribution is 0.0965. The van der Waals surface area contributed by atoms with Crippen LogP contribution in [0.3, 0.4) is 0 Å². The van der Waals surface area contributed by atoms with E-state index in [4.69, 9.17) is 4.74 Å². The van der Waals surface area contributed by atoms with Crippen LogP contribution < -0.4 is 4.74 Å². The number of halogens is 1. The number of ether oxygens (including phenoxy) is 1. The molecule has 0 saturated heterocycles. The van der Waals surface area contributed by atoms with Gasteiger partial charge in [-0.1, -0.05) is 41.9 Å². The molecule has 0 N–H and O–H groups in total. The first-order chi connectivity index (χ1) is 13.1. The van der Waals surface area contributed by atoms with Gasteiger partial charge in [0.25, 0.3) is 0 Å². The first-order valence-electron chi connectivity index (χ1n) is 9.87. The second-order valence-corrected chi connectivity index (χ2v) is 8.04. The van der Waals surface area contributed by atoms with Gasteiger partial charge in [0.1, 0.15) is 5.75 Å².